The Morgan fingerprint density at radius 3 is 2.58 bits per heavy atom. The Balaban J connectivity index is 1.81. The zero-order valence-corrected chi connectivity index (χ0v) is 13.8. The third-order valence-electron chi connectivity index (χ3n) is 4.36. The molecule has 3 nitrogen and oxygen atoms in total. The zero-order chi connectivity index (χ0) is 16.5. The van der Waals surface area contributed by atoms with Crippen molar-refractivity contribution in [3.05, 3.63) is 78.9 Å². The minimum absolute atomic E-state index is 0.508. The van der Waals surface area contributed by atoms with Gasteiger partial charge in [0.15, 0.2) is 0 Å². The molecule has 0 fully saturated rings. The van der Waals surface area contributed by atoms with Crippen LogP contribution in [0.25, 0.3) is 27.8 Å². The molecule has 4 aromatic rings. The molecule has 24 heavy (non-hydrogen) atoms. The molecule has 2 aromatic heterocycles. The van der Waals surface area contributed by atoms with Crippen molar-refractivity contribution >= 4 is 11.0 Å². The number of benzene rings is 2. The smallest absolute Gasteiger partial charge is 0.100 e. The molecule has 0 aliphatic rings. The van der Waals surface area contributed by atoms with E-state index in [1.807, 2.05) is 18.6 Å². The first-order valence-corrected chi connectivity index (χ1v) is 8.20. The van der Waals surface area contributed by atoms with E-state index in [4.69, 9.17) is 0 Å². The molecular formula is C21H19N3. The van der Waals surface area contributed by atoms with Gasteiger partial charge in [0.2, 0.25) is 0 Å². The Labute approximate surface area is 141 Å². The fourth-order valence-electron chi connectivity index (χ4n) is 2.96. The third-order valence-corrected chi connectivity index (χ3v) is 4.36. The average molecular weight is 313 g/mol. The lowest BCUT2D eigenvalue weighted by Crippen LogP contribution is -1.93. The quantitative estimate of drug-likeness (QED) is 0.520. The van der Waals surface area contributed by atoms with Gasteiger partial charge in [-0.2, -0.15) is 0 Å². The van der Waals surface area contributed by atoms with Crippen LogP contribution >= 0.6 is 0 Å². The number of rotatable bonds is 3. The highest BCUT2D eigenvalue weighted by atomic mass is 15.0. The normalized spacial score (nSPS) is 11.3. The molecule has 0 spiro atoms. The van der Waals surface area contributed by atoms with Crippen molar-refractivity contribution in [2.45, 2.75) is 19.8 Å². The fourth-order valence-corrected chi connectivity index (χ4v) is 2.96. The monoisotopic (exact) mass is 313 g/mol. The highest BCUT2D eigenvalue weighted by Crippen LogP contribution is 2.25. The number of aromatic nitrogens is 3. The lowest BCUT2D eigenvalue weighted by molar-refractivity contribution is 0.868. The average Bonchev–Trinajstić information content (AvgIpc) is 3.06. The zero-order valence-electron chi connectivity index (χ0n) is 13.8. The second-order valence-electron chi connectivity index (χ2n) is 6.31. The van der Waals surface area contributed by atoms with Crippen LogP contribution in [0.3, 0.4) is 0 Å². The van der Waals surface area contributed by atoms with Crippen molar-refractivity contribution < 1.29 is 0 Å². The summed E-state index contributed by atoms with van der Waals surface area (Å²) in [6, 6.07) is 19.0. The van der Waals surface area contributed by atoms with E-state index < -0.39 is 0 Å². The number of nitrogens with zero attached hydrogens (tertiary/aromatic N) is 3. The Bertz CT molecular complexity index is 984. The van der Waals surface area contributed by atoms with Crippen molar-refractivity contribution in [3.8, 4) is 16.8 Å². The molecule has 4 rings (SSSR count). The van der Waals surface area contributed by atoms with E-state index in [-0.39, 0.29) is 0 Å². The van der Waals surface area contributed by atoms with Crippen molar-refractivity contribution in [1.29, 1.82) is 0 Å². The summed E-state index contributed by atoms with van der Waals surface area (Å²) in [5.74, 6) is 0.508. The molecule has 3 heteroatoms. The van der Waals surface area contributed by atoms with Gasteiger partial charge in [0.25, 0.3) is 0 Å². The van der Waals surface area contributed by atoms with Crippen LogP contribution in [0.1, 0.15) is 25.3 Å². The number of fused-ring (bicyclic) bond motifs is 1. The Kier molecular flexibility index (Phi) is 3.62. The molecule has 0 atom stereocenters. The third kappa shape index (κ3) is 2.58. The summed E-state index contributed by atoms with van der Waals surface area (Å²) >= 11 is 0. The largest absolute Gasteiger partial charge is 0.299 e. The standard InChI is InChI=1S/C21H19N3/c1-15(2)16-8-9-21-20(12-16)23-14-24(21)19-7-3-5-17(11-19)18-6-4-10-22-13-18/h3-15H,1-2H3. The van der Waals surface area contributed by atoms with E-state index in [1.54, 1.807) is 6.20 Å². The summed E-state index contributed by atoms with van der Waals surface area (Å²) in [4.78, 5) is 8.80. The number of hydrogen-bond acceptors (Lipinski definition) is 2. The predicted molar refractivity (Wildman–Crippen MR) is 98.4 cm³/mol. The molecule has 0 saturated carbocycles. The maximum atomic E-state index is 4.59. The molecule has 0 unspecified atom stereocenters. The van der Waals surface area contributed by atoms with E-state index in [2.05, 4.69) is 76.9 Å². The first-order valence-electron chi connectivity index (χ1n) is 8.20. The molecule has 2 aromatic carbocycles. The topological polar surface area (TPSA) is 30.7 Å². The van der Waals surface area contributed by atoms with Gasteiger partial charge in [-0.25, -0.2) is 4.98 Å². The lowest BCUT2D eigenvalue weighted by Gasteiger charge is -2.09. The molecule has 0 radical (unpaired) electrons. The molecule has 0 amide bonds. The summed E-state index contributed by atoms with van der Waals surface area (Å²) in [6.45, 7) is 4.41. The number of pyridine rings is 1. The van der Waals surface area contributed by atoms with Crippen LogP contribution in [0.5, 0.6) is 0 Å². The van der Waals surface area contributed by atoms with Gasteiger partial charge in [0, 0.05) is 23.6 Å². The van der Waals surface area contributed by atoms with Gasteiger partial charge in [-0.3, -0.25) is 9.55 Å². The van der Waals surface area contributed by atoms with Gasteiger partial charge < -0.3 is 0 Å². The minimum atomic E-state index is 0.508. The van der Waals surface area contributed by atoms with Crippen molar-refractivity contribution in [3.63, 3.8) is 0 Å². The van der Waals surface area contributed by atoms with E-state index in [0.29, 0.717) is 5.92 Å². The van der Waals surface area contributed by atoms with Gasteiger partial charge in [-0.05, 0) is 47.4 Å². The second kappa shape index (κ2) is 5.93. The Morgan fingerprint density at radius 1 is 0.917 bits per heavy atom. The van der Waals surface area contributed by atoms with Crippen LogP contribution in [-0.4, -0.2) is 14.5 Å². The van der Waals surface area contributed by atoms with Crippen LogP contribution in [0.15, 0.2) is 73.3 Å². The van der Waals surface area contributed by atoms with Crippen molar-refractivity contribution in [2.24, 2.45) is 0 Å². The van der Waals surface area contributed by atoms with Gasteiger partial charge >= 0.3 is 0 Å². The fraction of sp³-hybridized carbons (Fsp3) is 0.143. The Morgan fingerprint density at radius 2 is 1.79 bits per heavy atom. The van der Waals surface area contributed by atoms with Crippen molar-refractivity contribution in [1.82, 2.24) is 14.5 Å². The van der Waals surface area contributed by atoms with Crippen LogP contribution in [-0.2, 0) is 0 Å². The second-order valence-corrected chi connectivity index (χ2v) is 6.31. The van der Waals surface area contributed by atoms with Crippen LogP contribution in [0.2, 0.25) is 0 Å². The van der Waals surface area contributed by atoms with Gasteiger partial charge in [0.1, 0.15) is 6.33 Å². The van der Waals surface area contributed by atoms with Crippen molar-refractivity contribution in [2.75, 3.05) is 0 Å². The maximum Gasteiger partial charge on any atom is 0.100 e. The summed E-state index contributed by atoms with van der Waals surface area (Å²) in [6.07, 6.45) is 5.58. The number of hydrogen-bond donors (Lipinski definition) is 0. The molecule has 0 bridgehead atoms. The van der Waals surface area contributed by atoms with E-state index in [1.165, 1.54) is 5.56 Å². The summed E-state index contributed by atoms with van der Waals surface area (Å²) in [5.41, 5.74) is 6.86. The maximum absolute atomic E-state index is 4.59. The van der Waals surface area contributed by atoms with Gasteiger partial charge in [-0.1, -0.05) is 38.1 Å². The molecule has 0 N–H and O–H groups in total. The SMILES string of the molecule is CC(C)c1ccc2c(c1)ncn2-c1cccc(-c2cccnc2)c1. The van der Waals surface area contributed by atoms with E-state index >= 15 is 0 Å². The summed E-state index contributed by atoms with van der Waals surface area (Å²) in [5, 5.41) is 0. The first-order chi connectivity index (χ1) is 11.7. The lowest BCUT2D eigenvalue weighted by atomic mass is 10.0. The molecule has 118 valence electrons. The highest BCUT2D eigenvalue weighted by Gasteiger charge is 2.08. The van der Waals surface area contributed by atoms with Crippen LogP contribution < -0.4 is 0 Å². The predicted octanol–water partition coefficient (Wildman–Crippen LogP) is 5.21. The summed E-state index contributed by atoms with van der Waals surface area (Å²) in [7, 11) is 0. The van der Waals surface area contributed by atoms with E-state index in [0.717, 1.165) is 27.8 Å². The Hall–Kier alpha value is -2.94. The highest BCUT2D eigenvalue weighted by molar-refractivity contribution is 5.79. The molecule has 2 heterocycles. The first kappa shape index (κ1) is 14.6. The molecule has 0 aliphatic heterocycles. The van der Waals surface area contributed by atoms with Gasteiger partial charge in [-0.15, -0.1) is 0 Å². The molecular weight excluding hydrogens is 294 g/mol. The number of imidazole rings is 1. The summed E-state index contributed by atoms with van der Waals surface area (Å²) < 4.78 is 2.14. The minimum Gasteiger partial charge on any atom is -0.299 e. The van der Waals surface area contributed by atoms with Crippen LogP contribution in [0, 0.1) is 0 Å². The van der Waals surface area contributed by atoms with Gasteiger partial charge in [0.05, 0.1) is 11.0 Å². The van der Waals surface area contributed by atoms with Crippen LogP contribution in [0.4, 0.5) is 0 Å². The molecule has 0 aliphatic carbocycles. The van der Waals surface area contributed by atoms with E-state index in [9.17, 15) is 0 Å². The molecule has 0 saturated heterocycles.